The number of piperidine rings is 1. The van der Waals surface area contributed by atoms with Crippen LogP contribution in [-0.4, -0.2) is 56.6 Å². The van der Waals surface area contributed by atoms with Crippen molar-refractivity contribution in [1.29, 1.82) is 5.41 Å². The first kappa shape index (κ1) is 28.8. The smallest absolute Gasteiger partial charge is 0.181 e. The van der Waals surface area contributed by atoms with Gasteiger partial charge in [-0.25, -0.2) is 4.98 Å². The van der Waals surface area contributed by atoms with Gasteiger partial charge < -0.3 is 15.2 Å². The molecule has 1 saturated heterocycles. The summed E-state index contributed by atoms with van der Waals surface area (Å²) in [6.45, 7) is 12.6. The van der Waals surface area contributed by atoms with Gasteiger partial charge in [0.15, 0.2) is 11.6 Å². The maximum atomic E-state index is 8.97. The van der Waals surface area contributed by atoms with Crippen molar-refractivity contribution in [3.05, 3.63) is 71.5 Å². The average Bonchev–Trinajstić information content (AvgIpc) is 3.42. The highest BCUT2D eigenvalue weighted by Crippen LogP contribution is 2.27. The van der Waals surface area contributed by atoms with E-state index in [0.717, 1.165) is 34.2 Å². The molecule has 0 bridgehead atoms. The summed E-state index contributed by atoms with van der Waals surface area (Å²) in [6, 6.07) is 19.0. The highest BCUT2D eigenvalue weighted by atomic mass is 16.5. The van der Waals surface area contributed by atoms with Crippen LogP contribution in [-0.2, 0) is 11.3 Å². The van der Waals surface area contributed by atoms with Gasteiger partial charge in [0.25, 0.3) is 0 Å². The van der Waals surface area contributed by atoms with E-state index in [0.29, 0.717) is 53.9 Å². The van der Waals surface area contributed by atoms with E-state index in [4.69, 9.17) is 20.6 Å². The average molecular weight is 555 g/mol. The summed E-state index contributed by atoms with van der Waals surface area (Å²) >= 11 is 0. The summed E-state index contributed by atoms with van der Waals surface area (Å²) in [4.78, 5) is 7.13. The fourth-order valence-electron chi connectivity index (χ4n) is 5.49. The van der Waals surface area contributed by atoms with Crippen LogP contribution in [0.5, 0.6) is 5.75 Å². The number of hydrogen-bond donors (Lipinski definition) is 3. The van der Waals surface area contributed by atoms with Crippen molar-refractivity contribution < 1.29 is 9.47 Å². The first-order valence-corrected chi connectivity index (χ1v) is 14.5. The molecule has 8 heteroatoms. The zero-order valence-electron chi connectivity index (χ0n) is 24.8. The second-order valence-electron chi connectivity index (χ2n) is 12.1. The van der Waals surface area contributed by atoms with Crippen molar-refractivity contribution in [3.8, 4) is 17.1 Å². The van der Waals surface area contributed by atoms with Crippen LogP contribution in [0.3, 0.4) is 0 Å². The molecule has 0 saturated carbocycles. The Labute approximate surface area is 242 Å². The zero-order valence-corrected chi connectivity index (χ0v) is 24.8. The van der Waals surface area contributed by atoms with Crippen LogP contribution in [0.15, 0.2) is 54.6 Å². The number of rotatable bonds is 9. The standard InChI is InChI=1S/C33H42N6O2/c1-21-7-6-8-22(2)39(21)15-16-40-27-13-11-23-17-25(10-9-24(23)18-27)31(35)28-19-26(12-14-29(28)34)32-36-30(37-38-32)20-41-33(3,4)5/h9-14,17-19,21-22,35H,6-8,15-16,20,34H2,1-5H3,(H,36,37,38). The minimum atomic E-state index is -0.269. The summed E-state index contributed by atoms with van der Waals surface area (Å²) in [5, 5.41) is 18.4. The molecular weight excluding hydrogens is 512 g/mol. The Bertz CT molecular complexity index is 1510. The number of nitrogens with two attached hydrogens (primary N) is 1. The Balaban J connectivity index is 1.28. The minimum Gasteiger partial charge on any atom is -0.492 e. The van der Waals surface area contributed by atoms with Crippen LogP contribution in [0.4, 0.5) is 5.69 Å². The first-order valence-electron chi connectivity index (χ1n) is 14.5. The molecule has 2 unspecified atom stereocenters. The largest absolute Gasteiger partial charge is 0.492 e. The quantitative estimate of drug-likeness (QED) is 0.159. The Hall–Kier alpha value is -3.75. The van der Waals surface area contributed by atoms with Crippen molar-refractivity contribution in [2.75, 3.05) is 18.9 Å². The van der Waals surface area contributed by atoms with Gasteiger partial charge in [-0.15, -0.1) is 0 Å². The molecule has 2 heterocycles. The third-order valence-corrected chi connectivity index (χ3v) is 7.85. The highest BCUT2D eigenvalue weighted by molar-refractivity contribution is 6.15. The first-order chi connectivity index (χ1) is 19.6. The van der Waals surface area contributed by atoms with Crippen molar-refractivity contribution in [2.45, 2.75) is 78.2 Å². The van der Waals surface area contributed by atoms with Gasteiger partial charge in [0.1, 0.15) is 19.0 Å². The molecule has 1 aromatic heterocycles. The van der Waals surface area contributed by atoms with E-state index < -0.39 is 0 Å². The van der Waals surface area contributed by atoms with Crippen molar-refractivity contribution >= 4 is 22.2 Å². The van der Waals surface area contributed by atoms with Gasteiger partial charge in [-0.1, -0.05) is 24.6 Å². The van der Waals surface area contributed by atoms with Gasteiger partial charge in [0, 0.05) is 41.0 Å². The molecule has 4 N–H and O–H groups in total. The number of anilines is 1. The molecule has 5 rings (SSSR count). The van der Waals surface area contributed by atoms with Gasteiger partial charge in [0.05, 0.1) is 11.3 Å². The third-order valence-electron chi connectivity index (χ3n) is 7.85. The van der Waals surface area contributed by atoms with Crippen molar-refractivity contribution in [2.24, 2.45) is 0 Å². The molecule has 2 atom stereocenters. The molecule has 0 amide bonds. The fraction of sp³-hybridized carbons (Fsp3) is 0.424. The normalized spacial score (nSPS) is 18.1. The van der Waals surface area contributed by atoms with E-state index in [1.54, 1.807) is 6.07 Å². The van der Waals surface area contributed by atoms with Crippen LogP contribution in [0.25, 0.3) is 22.2 Å². The van der Waals surface area contributed by atoms with Crippen molar-refractivity contribution in [1.82, 2.24) is 20.1 Å². The number of nitrogens with one attached hydrogen (secondary N) is 2. The number of fused-ring (bicyclic) bond motifs is 1. The van der Waals surface area contributed by atoms with E-state index in [1.165, 1.54) is 19.3 Å². The van der Waals surface area contributed by atoms with Crippen LogP contribution >= 0.6 is 0 Å². The summed E-state index contributed by atoms with van der Waals surface area (Å²) in [5.41, 5.74) is 9.16. The van der Waals surface area contributed by atoms with E-state index in [-0.39, 0.29) is 5.60 Å². The van der Waals surface area contributed by atoms with Crippen LogP contribution in [0.1, 0.15) is 70.8 Å². The Morgan fingerprint density at radius 1 is 1.02 bits per heavy atom. The lowest BCUT2D eigenvalue weighted by Crippen LogP contribution is -2.45. The topological polar surface area (TPSA) is 113 Å². The Morgan fingerprint density at radius 3 is 2.51 bits per heavy atom. The molecule has 1 aliphatic rings. The molecule has 41 heavy (non-hydrogen) atoms. The maximum absolute atomic E-state index is 8.97. The molecule has 4 aromatic rings. The van der Waals surface area contributed by atoms with Gasteiger partial charge in [-0.3, -0.25) is 15.4 Å². The summed E-state index contributed by atoms with van der Waals surface area (Å²) in [5.74, 6) is 2.06. The second-order valence-corrected chi connectivity index (χ2v) is 12.1. The molecule has 0 spiro atoms. The summed E-state index contributed by atoms with van der Waals surface area (Å²) in [6.07, 6.45) is 3.85. The van der Waals surface area contributed by atoms with Gasteiger partial charge in [-0.2, -0.15) is 5.10 Å². The lowest BCUT2D eigenvalue weighted by molar-refractivity contribution is -0.0179. The molecule has 0 aliphatic carbocycles. The number of aromatic nitrogens is 3. The predicted molar refractivity (Wildman–Crippen MR) is 166 cm³/mol. The maximum Gasteiger partial charge on any atom is 0.181 e. The highest BCUT2D eigenvalue weighted by Gasteiger charge is 2.24. The Morgan fingerprint density at radius 2 is 1.76 bits per heavy atom. The monoisotopic (exact) mass is 554 g/mol. The number of nitrogen functional groups attached to an aromatic ring is 1. The third kappa shape index (κ3) is 6.94. The Kier molecular flexibility index (Phi) is 8.42. The molecule has 1 aliphatic heterocycles. The second kappa shape index (κ2) is 12.0. The van der Waals surface area contributed by atoms with E-state index >= 15 is 0 Å². The van der Waals surface area contributed by atoms with Gasteiger partial charge in [0.2, 0.25) is 0 Å². The van der Waals surface area contributed by atoms with Crippen LogP contribution < -0.4 is 10.5 Å². The van der Waals surface area contributed by atoms with E-state index in [1.807, 2.05) is 57.2 Å². The fourth-order valence-corrected chi connectivity index (χ4v) is 5.49. The lowest BCUT2D eigenvalue weighted by atomic mass is 9.96. The number of ether oxygens (including phenoxy) is 2. The molecular formula is C33H42N6O2. The SMILES string of the molecule is CC1CCCC(C)N1CCOc1ccc2cc(C(=N)c3cc(-c4n[nH]c(COC(C)(C)C)n4)ccc3N)ccc2c1. The number of H-pyrrole nitrogens is 1. The number of aromatic amines is 1. The van der Waals surface area contributed by atoms with E-state index in [9.17, 15) is 0 Å². The number of likely N-dealkylation sites (tertiary alicyclic amines) is 1. The van der Waals surface area contributed by atoms with Crippen LogP contribution in [0, 0.1) is 5.41 Å². The van der Waals surface area contributed by atoms with Crippen molar-refractivity contribution in [3.63, 3.8) is 0 Å². The molecule has 3 aromatic carbocycles. The summed E-state index contributed by atoms with van der Waals surface area (Å²) < 4.78 is 11.9. The lowest BCUT2D eigenvalue weighted by Gasteiger charge is -2.38. The zero-order chi connectivity index (χ0) is 29.1. The number of benzene rings is 3. The van der Waals surface area contributed by atoms with Gasteiger partial charge in [-0.05, 0) is 94.6 Å². The predicted octanol–water partition coefficient (Wildman–Crippen LogP) is 6.58. The number of hydrogen-bond acceptors (Lipinski definition) is 7. The molecule has 0 radical (unpaired) electrons. The number of nitrogens with zero attached hydrogens (tertiary/aromatic N) is 3. The van der Waals surface area contributed by atoms with E-state index in [2.05, 4.69) is 46.1 Å². The summed E-state index contributed by atoms with van der Waals surface area (Å²) in [7, 11) is 0. The molecule has 8 nitrogen and oxygen atoms in total. The minimum absolute atomic E-state index is 0.269. The molecule has 1 fully saturated rings. The van der Waals surface area contributed by atoms with Gasteiger partial charge >= 0.3 is 0 Å². The van der Waals surface area contributed by atoms with Crippen LogP contribution in [0.2, 0.25) is 0 Å². The molecule has 216 valence electrons.